The second-order valence-corrected chi connectivity index (χ2v) is 15.8. The third-order valence-electron chi connectivity index (χ3n) is 6.24. The Labute approximate surface area is 322 Å². The van der Waals surface area contributed by atoms with Crippen LogP contribution in [0.25, 0.3) is 0 Å². The van der Waals surface area contributed by atoms with Crippen LogP contribution in [0, 0.1) is 0 Å². The zero-order chi connectivity index (χ0) is 35.8. The number of aromatic amines is 1. The maximum absolute atomic E-state index is 12.9. The van der Waals surface area contributed by atoms with Gasteiger partial charge in [-0.05, 0) is 6.07 Å². The van der Waals surface area contributed by atoms with Gasteiger partial charge in [0.2, 0.25) is 0 Å². The number of anilines is 1. The number of phosphoric acid groups is 4. The second kappa shape index (κ2) is 17.9. The summed E-state index contributed by atoms with van der Waals surface area (Å²) in [5.74, 6) is -0.127. The zero-order valence-corrected chi connectivity index (χ0v) is 33.0. The van der Waals surface area contributed by atoms with E-state index >= 15 is 0 Å². The quantitative estimate of drug-likeness (QED) is 0.0687. The summed E-state index contributed by atoms with van der Waals surface area (Å²) in [6, 6.07) is 2.08. The molecule has 8 N–H and O–H groups in total. The Bertz CT molecular complexity index is 1870. The minimum atomic E-state index is -6.52. The standard InChI is InChI=1S/C18H27N5O21P4.2Na/c19-11-1-3-22(17(28)20-11)13-5-8(24)9(40-13)6-38-46(33,34)43-48(37,42-45(30,31)32)44-47(35,36)39-7-10-14(26)15(27)16(41-10)23-4-2-12(25)21-18(23)29;;/h1-4,8-10,13-16,24,26-27H,5-7H2,(H,33,34)(H,35,36)(H2,19,20,28)(H,21,25,29)(H2,30,31,32);;/q;2*+1/p-2/t8-,9?,10+,13+,14+,15+,16+,48?;;/m0../s1. The minimum absolute atomic E-state index is 0. The number of H-pyrrole nitrogens is 1. The molecule has 0 aliphatic carbocycles. The summed E-state index contributed by atoms with van der Waals surface area (Å²) in [5, 5.41) is 30.7. The fourth-order valence-corrected chi connectivity index (χ4v) is 9.42. The van der Waals surface area contributed by atoms with E-state index in [1.807, 2.05) is 4.98 Å². The number of nitrogen functional groups attached to an aromatic ring is 1. The van der Waals surface area contributed by atoms with Gasteiger partial charge >= 0.3 is 94.0 Å². The maximum Gasteiger partial charge on any atom is 1.00 e. The molecule has 2 aromatic rings. The Morgan fingerprint density at radius 2 is 1.44 bits per heavy atom. The van der Waals surface area contributed by atoms with Gasteiger partial charge in [0.1, 0.15) is 36.5 Å². The predicted octanol–water partition coefficient (Wildman–Crippen LogP) is -10.1. The molecule has 0 aromatic carbocycles. The van der Waals surface area contributed by atoms with Crippen LogP contribution in [0.1, 0.15) is 18.9 Å². The summed E-state index contributed by atoms with van der Waals surface area (Å²) in [6.07, 6.45) is -9.78. The molecule has 270 valence electrons. The molecule has 32 heteroatoms. The molecule has 0 spiro atoms. The Morgan fingerprint density at radius 3 is 1.98 bits per heavy atom. The van der Waals surface area contributed by atoms with Crippen molar-refractivity contribution in [1.82, 2.24) is 19.1 Å². The van der Waals surface area contributed by atoms with Gasteiger partial charge in [-0.25, -0.2) is 23.3 Å². The van der Waals surface area contributed by atoms with Crippen molar-refractivity contribution in [1.29, 1.82) is 0 Å². The molecule has 4 heterocycles. The maximum atomic E-state index is 12.9. The van der Waals surface area contributed by atoms with Gasteiger partial charge in [0.15, 0.2) is 6.23 Å². The SMILES string of the molecule is Nc1ccn([C@H]2C[C@H](O)C(COP(=O)(O)OP(=O)(OP(=O)([O-])[O-])OP(=O)(O)OC[C@H]3O[C@@H](n4ccc(=O)[nH]c4=O)[C@H](O)[C@@H]3O)O2)c(=O)n1.[Na+].[Na+]. The Kier molecular flexibility index (Phi) is 16.4. The van der Waals surface area contributed by atoms with E-state index in [1.165, 1.54) is 12.3 Å². The molecule has 50 heavy (non-hydrogen) atoms. The molecule has 0 bridgehead atoms. The molecule has 4 rings (SSSR count). The zero-order valence-electron chi connectivity index (χ0n) is 25.4. The van der Waals surface area contributed by atoms with Crippen molar-refractivity contribution in [2.24, 2.45) is 0 Å². The van der Waals surface area contributed by atoms with Gasteiger partial charge in [-0.15, -0.1) is 0 Å². The smallest absolute Gasteiger partial charge is 0.789 e. The van der Waals surface area contributed by atoms with Crippen LogP contribution < -0.4 is 91.6 Å². The van der Waals surface area contributed by atoms with E-state index in [0.717, 1.165) is 16.8 Å². The first kappa shape index (κ1) is 45.9. The van der Waals surface area contributed by atoms with E-state index in [9.17, 15) is 67.5 Å². The molecule has 0 radical (unpaired) electrons. The van der Waals surface area contributed by atoms with E-state index in [1.54, 1.807) is 0 Å². The van der Waals surface area contributed by atoms with E-state index in [0.29, 0.717) is 4.57 Å². The van der Waals surface area contributed by atoms with Crippen LogP contribution in [0.3, 0.4) is 0 Å². The van der Waals surface area contributed by atoms with Crippen LogP contribution in [0.4, 0.5) is 5.82 Å². The number of phosphoric ester groups is 2. The number of rotatable bonds is 14. The monoisotopic (exact) mass is 817 g/mol. The Hall–Kier alpha value is -0.280. The fraction of sp³-hybridized carbons (Fsp3) is 0.556. The van der Waals surface area contributed by atoms with Crippen LogP contribution >= 0.6 is 31.3 Å². The summed E-state index contributed by atoms with van der Waals surface area (Å²) >= 11 is 0. The van der Waals surface area contributed by atoms with Gasteiger partial charge in [0.25, 0.3) is 5.56 Å². The van der Waals surface area contributed by atoms with Crippen LogP contribution in [0.5, 0.6) is 0 Å². The molecule has 2 fully saturated rings. The van der Waals surface area contributed by atoms with Crippen molar-refractivity contribution < 1.29 is 144 Å². The number of hydrogen-bond donors (Lipinski definition) is 7. The molecular weight excluding hydrogens is 792 g/mol. The van der Waals surface area contributed by atoms with E-state index in [4.69, 9.17) is 15.2 Å². The first-order chi connectivity index (χ1) is 22.1. The Balaban J connectivity index is 0.00000433. The van der Waals surface area contributed by atoms with E-state index in [-0.39, 0.29) is 71.4 Å². The van der Waals surface area contributed by atoms with Crippen molar-refractivity contribution >= 4 is 37.1 Å². The normalized spacial score (nSPS) is 28.8. The van der Waals surface area contributed by atoms with Crippen LogP contribution in [0.2, 0.25) is 0 Å². The molecular formula is C18H25N5Na2O21P4. The molecule has 10 atom stereocenters. The van der Waals surface area contributed by atoms with Crippen LogP contribution in [-0.4, -0.2) is 87.9 Å². The molecule has 2 aliphatic rings. The van der Waals surface area contributed by atoms with Gasteiger partial charge in [-0.1, -0.05) is 0 Å². The number of hydrogen-bond acceptors (Lipinski definition) is 21. The summed E-state index contributed by atoms with van der Waals surface area (Å²) < 4.78 is 81.5. The fourth-order valence-electron chi connectivity index (χ4n) is 4.21. The average molecular weight is 817 g/mol. The number of nitrogens with two attached hydrogens (primary N) is 1. The molecule has 0 saturated carbocycles. The number of nitrogens with one attached hydrogen (secondary N) is 1. The topological polar surface area (TPSA) is 396 Å². The van der Waals surface area contributed by atoms with E-state index in [2.05, 4.69) is 27.0 Å². The van der Waals surface area contributed by atoms with Gasteiger partial charge in [0, 0.05) is 24.9 Å². The summed E-state index contributed by atoms with van der Waals surface area (Å²) in [6.45, 7) is -2.38. The summed E-state index contributed by atoms with van der Waals surface area (Å²) in [5.41, 5.74) is 2.60. The molecule has 4 unspecified atom stereocenters. The van der Waals surface area contributed by atoms with Crippen molar-refractivity contribution in [3.8, 4) is 0 Å². The average Bonchev–Trinajstić information content (AvgIpc) is 3.42. The first-order valence-electron chi connectivity index (χ1n) is 12.8. The minimum Gasteiger partial charge on any atom is -0.789 e. The number of ether oxygens (including phenoxy) is 2. The van der Waals surface area contributed by atoms with Crippen LogP contribution in [-0.2, 0) is 49.7 Å². The molecule has 2 aromatic heterocycles. The largest absolute Gasteiger partial charge is 1.00 e. The number of aromatic nitrogens is 4. The number of nitrogens with zero attached hydrogens (tertiary/aromatic N) is 3. The van der Waals surface area contributed by atoms with Crippen molar-refractivity contribution in [3.05, 3.63) is 55.8 Å². The first-order valence-corrected chi connectivity index (χ1v) is 18.7. The van der Waals surface area contributed by atoms with Crippen molar-refractivity contribution in [2.45, 2.75) is 49.4 Å². The van der Waals surface area contributed by atoms with Gasteiger partial charge in [-0.2, -0.15) is 13.6 Å². The third-order valence-corrected chi connectivity index (χ3v) is 12.0. The number of aliphatic hydroxyl groups excluding tert-OH is 3. The Morgan fingerprint density at radius 1 is 0.880 bits per heavy atom. The van der Waals surface area contributed by atoms with Gasteiger partial charge in [-0.3, -0.25) is 32.3 Å². The second-order valence-electron chi connectivity index (χ2n) is 9.71. The van der Waals surface area contributed by atoms with E-state index < -0.39 is 104 Å². The molecule has 0 amide bonds. The van der Waals surface area contributed by atoms with Gasteiger partial charge in [0.05, 0.1) is 27.1 Å². The number of aliphatic hydroxyl groups is 3. The molecule has 2 saturated heterocycles. The molecule has 2 aliphatic heterocycles. The predicted molar refractivity (Wildman–Crippen MR) is 145 cm³/mol. The third kappa shape index (κ3) is 12.4. The van der Waals surface area contributed by atoms with Gasteiger partial charge < -0.3 is 54.7 Å². The van der Waals surface area contributed by atoms with Crippen LogP contribution in [0.15, 0.2) is 38.9 Å². The molecule has 26 nitrogen and oxygen atoms in total. The summed E-state index contributed by atoms with van der Waals surface area (Å²) in [4.78, 5) is 83.0. The summed E-state index contributed by atoms with van der Waals surface area (Å²) in [7, 11) is -24.9. The van der Waals surface area contributed by atoms with Crippen molar-refractivity contribution in [2.75, 3.05) is 18.9 Å². The van der Waals surface area contributed by atoms with Crippen molar-refractivity contribution in [3.63, 3.8) is 0 Å².